The molecule has 0 radical (unpaired) electrons. The van der Waals surface area contributed by atoms with Crippen LogP contribution in [0.2, 0.25) is 0 Å². The van der Waals surface area contributed by atoms with Gasteiger partial charge in [0.25, 0.3) is 5.56 Å². The van der Waals surface area contributed by atoms with Crippen LogP contribution in [0.3, 0.4) is 0 Å². The second-order valence-corrected chi connectivity index (χ2v) is 4.95. The van der Waals surface area contributed by atoms with Gasteiger partial charge >= 0.3 is 0 Å². The Balaban J connectivity index is 1.93. The fraction of sp³-hybridized carbons (Fsp3) is 0.600. The number of nitrogens with one attached hydrogen (secondary N) is 2. The van der Waals surface area contributed by atoms with Crippen LogP contribution in [0, 0.1) is 9.49 Å². The van der Waals surface area contributed by atoms with Crippen LogP contribution in [-0.4, -0.2) is 29.7 Å². The molecule has 1 aromatic rings. The van der Waals surface area contributed by atoms with Gasteiger partial charge in [-0.3, -0.25) is 4.79 Å². The molecule has 1 unspecified atom stereocenters. The molecule has 0 bridgehead atoms. The summed E-state index contributed by atoms with van der Waals surface area (Å²) >= 11 is 1.95. The Morgan fingerprint density at radius 1 is 1.62 bits per heavy atom. The molecule has 2 N–H and O–H groups in total. The summed E-state index contributed by atoms with van der Waals surface area (Å²) in [5.41, 5.74) is -0.146. The highest BCUT2D eigenvalue weighted by molar-refractivity contribution is 14.1. The molecule has 5 nitrogen and oxygen atoms in total. The minimum Gasteiger partial charge on any atom is -0.476 e. The van der Waals surface area contributed by atoms with Crippen LogP contribution >= 0.6 is 22.6 Å². The predicted molar refractivity (Wildman–Crippen MR) is 68.7 cm³/mol. The Morgan fingerprint density at radius 3 is 3.25 bits per heavy atom. The molecule has 0 aromatic carbocycles. The summed E-state index contributed by atoms with van der Waals surface area (Å²) in [6, 6.07) is 0. The zero-order valence-electron chi connectivity index (χ0n) is 8.83. The summed E-state index contributed by atoms with van der Waals surface area (Å²) in [4.78, 5) is 17.8. The second kappa shape index (κ2) is 5.62. The highest BCUT2D eigenvalue weighted by Gasteiger charge is 2.15. The van der Waals surface area contributed by atoms with Crippen molar-refractivity contribution in [1.29, 1.82) is 0 Å². The van der Waals surface area contributed by atoms with Gasteiger partial charge in [-0.15, -0.1) is 0 Å². The van der Waals surface area contributed by atoms with Gasteiger partial charge in [0.15, 0.2) is 0 Å². The fourth-order valence-corrected chi connectivity index (χ4v) is 2.18. The summed E-state index contributed by atoms with van der Waals surface area (Å²) in [6.45, 7) is 2.70. The number of nitrogens with zero attached hydrogens (tertiary/aromatic N) is 1. The normalized spacial score (nSPS) is 20.7. The quantitative estimate of drug-likeness (QED) is 0.800. The van der Waals surface area contributed by atoms with E-state index in [0.717, 1.165) is 13.1 Å². The van der Waals surface area contributed by atoms with Gasteiger partial charge in [-0.2, -0.15) is 0 Å². The van der Waals surface area contributed by atoms with Gasteiger partial charge in [0.2, 0.25) is 5.88 Å². The Kier molecular flexibility index (Phi) is 4.16. The van der Waals surface area contributed by atoms with Gasteiger partial charge in [-0.25, -0.2) is 4.98 Å². The monoisotopic (exact) mass is 335 g/mol. The van der Waals surface area contributed by atoms with E-state index in [1.54, 1.807) is 0 Å². The maximum Gasteiger partial charge on any atom is 0.268 e. The number of ether oxygens (including phenoxy) is 1. The van der Waals surface area contributed by atoms with Crippen molar-refractivity contribution < 1.29 is 4.74 Å². The first-order valence-electron chi connectivity index (χ1n) is 5.34. The molecule has 88 valence electrons. The molecule has 0 amide bonds. The first kappa shape index (κ1) is 11.8. The molecule has 0 aliphatic carbocycles. The van der Waals surface area contributed by atoms with Crippen LogP contribution in [0.4, 0.5) is 0 Å². The lowest BCUT2D eigenvalue weighted by molar-refractivity contribution is 0.210. The number of halogens is 1. The van der Waals surface area contributed by atoms with Crippen molar-refractivity contribution in [3.05, 3.63) is 20.3 Å². The maximum absolute atomic E-state index is 11.3. The molecule has 1 saturated heterocycles. The minimum atomic E-state index is -0.146. The molecular formula is C10H14IN3O2. The first-order chi connectivity index (χ1) is 7.77. The number of piperidine rings is 1. The Hall–Kier alpha value is -0.630. The third kappa shape index (κ3) is 2.94. The standard InChI is InChI=1S/C10H14IN3O2/c11-8-9(15)13-6-14-10(8)16-5-7-2-1-3-12-4-7/h6-7,12H,1-5H2,(H,13,14,15). The first-order valence-corrected chi connectivity index (χ1v) is 6.42. The molecule has 0 saturated carbocycles. The zero-order valence-corrected chi connectivity index (χ0v) is 11.0. The lowest BCUT2D eigenvalue weighted by Gasteiger charge is -2.22. The van der Waals surface area contributed by atoms with Crippen LogP contribution < -0.4 is 15.6 Å². The van der Waals surface area contributed by atoms with Gasteiger partial charge < -0.3 is 15.0 Å². The van der Waals surface area contributed by atoms with Crippen LogP contribution in [0.1, 0.15) is 12.8 Å². The van der Waals surface area contributed by atoms with Gasteiger partial charge in [-0.1, -0.05) is 0 Å². The van der Waals surface area contributed by atoms with E-state index in [2.05, 4.69) is 15.3 Å². The summed E-state index contributed by atoms with van der Waals surface area (Å²) in [6.07, 6.45) is 3.74. The highest BCUT2D eigenvalue weighted by Crippen LogP contribution is 2.15. The summed E-state index contributed by atoms with van der Waals surface area (Å²) < 4.78 is 6.10. The number of aromatic amines is 1. The summed E-state index contributed by atoms with van der Waals surface area (Å²) in [7, 11) is 0. The maximum atomic E-state index is 11.3. The van der Waals surface area contributed by atoms with Gasteiger partial charge in [0.1, 0.15) is 3.57 Å². The molecule has 1 aliphatic heterocycles. The SMILES string of the molecule is O=c1[nH]cnc(OCC2CCCNC2)c1I. The van der Waals surface area contributed by atoms with Crippen molar-refractivity contribution in [2.24, 2.45) is 5.92 Å². The predicted octanol–water partition coefficient (Wildman–Crippen LogP) is 0.753. The van der Waals surface area contributed by atoms with Crippen LogP contribution in [0.5, 0.6) is 5.88 Å². The zero-order chi connectivity index (χ0) is 11.4. The number of H-pyrrole nitrogens is 1. The molecule has 16 heavy (non-hydrogen) atoms. The smallest absolute Gasteiger partial charge is 0.268 e. The van der Waals surface area contributed by atoms with Crippen molar-refractivity contribution in [1.82, 2.24) is 15.3 Å². The van der Waals surface area contributed by atoms with E-state index in [4.69, 9.17) is 4.74 Å². The Bertz CT molecular complexity index is 401. The van der Waals surface area contributed by atoms with E-state index in [1.165, 1.54) is 19.2 Å². The molecule has 2 heterocycles. The van der Waals surface area contributed by atoms with Gasteiger partial charge in [-0.05, 0) is 42.0 Å². The van der Waals surface area contributed by atoms with E-state index in [-0.39, 0.29) is 5.56 Å². The molecule has 1 aromatic heterocycles. The van der Waals surface area contributed by atoms with Crippen molar-refractivity contribution in [3.8, 4) is 5.88 Å². The molecule has 2 rings (SSSR count). The summed E-state index contributed by atoms with van der Waals surface area (Å²) in [5.74, 6) is 0.959. The van der Waals surface area contributed by atoms with E-state index >= 15 is 0 Å². The molecule has 1 fully saturated rings. The van der Waals surface area contributed by atoms with Gasteiger partial charge in [0.05, 0.1) is 12.9 Å². The topological polar surface area (TPSA) is 67.0 Å². The minimum absolute atomic E-state index is 0.146. The van der Waals surface area contributed by atoms with E-state index in [9.17, 15) is 4.79 Å². The number of hydrogen-bond acceptors (Lipinski definition) is 4. The highest BCUT2D eigenvalue weighted by atomic mass is 127. The molecular weight excluding hydrogens is 321 g/mol. The summed E-state index contributed by atoms with van der Waals surface area (Å²) in [5, 5.41) is 3.33. The lowest BCUT2D eigenvalue weighted by atomic mass is 10.0. The average Bonchev–Trinajstić information content (AvgIpc) is 2.32. The van der Waals surface area contributed by atoms with Crippen LogP contribution in [-0.2, 0) is 0 Å². The third-order valence-corrected chi connectivity index (χ3v) is 3.57. The third-order valence-electron chi connectivity index (χ3n) is 2.62. The molecule has 1 aliphatic rings. The molecule has 0 spiro atoms. The fourth-order valence-electron chi connectivity index (χ4n) is 1.73. The van der Waals surface area contributed by atoms with E-state index in [0.29, 0.717) is 22.0 Å². The number of aromatic nitrogens is 2. The average molecular weight is 335 g/mol. The lowest BCUT2D eigenvalue weighted by Crippen LogP contribution is -2.33. The Labute approximate surface area is 107 Å². The van der Waals surface area contributed by atoms with Crippen molar-refractivity contribution in [3.63, 3.8) is 0 Å². The van der Waals surface area contributed by atoms with Gasteiger partial charge in [0, 0.05) is 12.5 Å². The van der Waals surface area contributed by atoms with Crippen molar-refractivity contribution in [2.45, 2.75) is 12.8 Å². The van der Waals surface area contributed by atoms with E-state index < -0.39 is 0 Å². The number of rotatable bonds is 3. The number of hydrogen-bond donors (Lipinski definition) is 2. The van der Waals surface area contributed by atoms with Crippen LogP contribution in [0.15, 0.2) is 11.1 Å². The van der Waals surface area contributed by atoms with Crippen molar-refractivity contribution in [2.75, 3.05) is 19.7 Å². The van der Waals surface area contributed by atoms with Crippen molar-refractivity contribution >= 4 is 22.6 Å². The Morgan fingerprint density at radius 2 is 2.50 bits per heavy atom. The largest absolute Gasteiger partial charge is 0.476 e. The second-order valence-electron chi connectivity index (χ2n) is 3.87. The van der Waals surface area contributed by atoms with Crippen LogP contribution in [0.25, 0.3) is 0 Å². The molecule has 6 heteroatoms. The van der Waals surface area contributed by atoms with E-state index in [1.807, 2.05) is 22.6 Å². The molecule has 1 atom stereocenters.